The minimum atomic E-state index is 0.465. The molecule has 0 unspecified atom stereocenters. The molecule has 0 aliphatic rings. The van der Waals surface area contributed by atoms with Crippen molar-refractivity contribution in [1.82, 2.24) is 9.78 Å². The van der Waals surface area contributed by atoms with E-state index in [1.165, 1.54) is 11.3 Å². The van der Waals surface area contributed by atoms with Crippen molar-refractivity contribution in [3.05, 3.63) is 46.3 Å². The zero-order chi connectivity index (χ0) is 14.9. The number of rotatable bonds is 3. The monoisotopic (exact) mass is 267 g/mol. The first-order valence-electron chi connectivity index (χ1n) is 7.09. The molecule has 0 atom stereocenters. The molecule has 3 heteroatoms. The minimum Gasteiger partial charge on any atom is -0.237 e. The Labute approximate surface area is 120 Å². The summed E-state index contributed by atoms with van der Waals surface area (Å²) < 4.78 is 2.02. The van der Waals surface area contributed by atoms with Gasteiger partial charge in [-0.3, -0.25) is 0 Å². The SMILES string of the molecule is CCc1cc(C#N)ccc1-n1nc(C)c(C(C)C)c1C. The lowest BCUT2D eigenvalue weighted by Gasteiger charge is -2.11. The predicted molar refractivity (Wildman–Crippen MR) is 81.2 cm³/mol. The molecule has 0 bridgehead atoms. The Balaban J connectivity index is 2.64. The van der Waals surface area contributed by atoms with Crippen LogP contribution in [0.5, 0.6) is 0 Å². The van der Waals surface area contributed by atoms with Crippen LogP contribution in [0.4, 0.5) is 0 Å². The summed E-state index contributed by atoms with van der Waals surface area (Å²) in [7, 11) is 0. The highest BCUT2D eigenvalue weighted by atomic mass is 15.3. The highest BCUT2D eigenvalue weighted by Crippen LogP contribution is 2.26. The first-order valence-corrected chi connectivity index (χ1v) is 7.09. The van der Waals surface area contributed by atoms with Crippen molar-refractivity contribution in [3.8, 4) is 11.8 Å². The van der Waals surface area contributed by atoms with Crippen LogP contribution in [0, 0.1) is 25.2 Å². The maximum atomic E-state index is 9.02. The van der Waals surface area contributed by atoms with E-state index in [1.54, 1.807) is 0 Å². The van der Waals surface area contributed by atoms with Crippen molar-refractivity contribution in [1.29, 1.82) is 5.26 Å². The van der Waals surface area contributed by atoms with E-state index in [4.69, 9.17) is 10.4 Å². The second kappa shape index (κ2) is 5.50. The molecular formula is C17H21N3. The second-order valence-electron chi connectivity index (χ2n) is 5.46. The van der Waals surface area contributed by atoms with E-state index in [0.717, 1.165) is 23.4 Å². The van der Waals surface area contributed by atoms with Gasteiger partial charge >= 0.3 is 0 Å². The number of nitrogens with zero attached hydrogens (tertiary/aromatic N) is 3. The standard InChI is InChI=1S/C17H21N3/c1-6-15-9-14(10-18)7-8-16(15)20-13(5)17(11(2)3)12(4)19-20/h7-9,11H,6H2,1-5H3. The van der Waals surface area contributed by atoms with Gasteiger partial charge in [-0.15, -0.1) is 0 Å². The number of aromatic nitrogens is 2. The number of nitriles is 1. The fourth-order valence-electron chi connectivity index (χ4n) is 2.87. The zero-order valence-electron chi connectivity index (χ0n) is 12.9. The van der Waals surface area contributed by atoms with Gasteiger partial charge in [0.05, 0.1) is 23.0 Å². The largest absolute Gasteiger partial charge is 0.237 e. The van der Waals surface area contributed by atoms with Gasteiger partial charge in [-0.1, -0.05) is 20.8 Å². The fraction of sp³-hybridized carbons (Fsp3) is 0.412. The first-order chi connectivity index (χ1) is 9.49. The summed E-state index contributed by atoms with van der Waals surface area (Å²) in [6.45, 7) is 10.7. The summed E-state index contributed by atoms with van der Waals surface area (Å²) in [5.41, 5.74) is 6.54. The number of aryl methyl sites for hydroxylation is 2. The van der Waals surface area contributed by atoms with Gasteiger partial charge in [0.1, 0.15) is 0 Å². The molecular weight excluding hydrogens is 246 g/mol. The van der Waals surface area contributed by atoms with Gasteiger partial charge < -0.3 is 0 Å². The lowest BCUT2D eigenvalue weighted by atomic mass is 10.0. The molecule has 0 aliphatic carbocycles. The van der Waals surface area contributed by atoms with E-state index >= 15 is 0 Å². The van der Waals surface area contributed by atoms with E-state index in [-0.39, 0.29) is 0 Å². The molecule has 3 nitrogen and oxygen atoms in total. The van der Waals surface area contributed by atoms with Crippen molar-refractivity contribution in [2.45, 2.75) is 47.0 Å². The average Bonchev–Trinajstić information content (AvgIpc) is 2.73. The van der Waals surface area contributed by atoms with Crippen LogP contribution in [0.25, 0.3) is 5.69 Å². The van der Waals surface area contributed by atoms with Gasteiger partial charge in [0.25, 0.3) is 0 Å². The van der Waals surface area contributed by atoms with E-state index in [2.05, 4.69) is 40.7 Å². The Morgan fingerprint density at radius 1 is 1.30 bits per heavy atom. The molecule has 1 aromatic heterocycles. The smallest absolute Gasteiger partial charge is 0.0991 e. The van der Waals surface area contributed by atoms with Crippen LogP contribution in [0.2, 0.25) is 0 Å². The fourth-order valence-corrected chi connectivity index (χ4v) is 2.87. The molecule has 1 aromatic carbocycles. The molecule has 0 radical (unpaired) electrons. The number of hydrogen-bond donors (Lipinski definition) is 0. The highest BCUT2D eigenvalue weighted by molar-refractivity contribution is 5.48. The summed E-state index contributed by atoms with van der Waals surface area (Å²) >= 11 is 0. The first kappa shape index (κ1) is 14.3. The van der Waals surface area contributed by atoms with Crippen LogP contribution in [0.1, 0.15) is 54.8 Å². The lowest BCUT2D eigenvalue weighted by molar-refractivity contribution is 0.812. The molecule has 0 N–H and O–H groups in total. The van der Waals surface area contributed by atoms with Crippen LogP contribution < -0.4 is 0 Å². The van der Waals surface area contributed by atoms with E-state index in [1.807, 2.05) is 22.9 Å². The lowest BCUT2D eigenvalue weighted by Crippen LogP contribution is -2.04. The summed E-state index contributed by atoms with van der Waals surface area (Å²) in [5, 5.41) is 13.7. The molecule has 2 rings (SSSR count). The molecule has 104 valence electrons. The molecule has 20 heavy (non-hydrogen) atoms. The van der Waals surface area contributed by atoms with Crippen molar-refractivity contribution in [3.63, 3.8) is 0 Å². The van der Waals surface area contributed by atoms with Crippen LogP contribution in [0.15, 0.2) is 18.2 Å². The van der Waals surface area contributed by atoms with Crippen LogP contribution in [-0.4, -0.2) is 9.78 Å². The van der Waals surface area contributed by atoms with Gasteiger partial charge in [-0.2, -0.15) is 10.4 Å². The summed E-state index contributed by atoms with van der Waals surface area (Å²) in [5.74, 6) is 0.465. The maximum absolute atomic E-state index is 9.02. The Morgan fingerprint density at radius 3 is 2.50 bits per heavy atom. The second-order valence-corrected chi connectivity index (χ2v) is 5.46. The predicted octanol–water partition coefficient (Wildman–Crippen LogP) is 4.05. The third kappa shape index (κ3) is 2.34. The van der Waals surface area contributed by atoms with Crippen molar-refractivity contribution in [2.24, 2.45) is 0 Å². The van der Waals surface area contributed by atoms with E-state index in [9.17, 15) is 0 Å². The van der Waals surface area contributed by atoms with Crippen LogP contribution in [-0.2, 0) is 6.42 Å². The van der Waals surface area contributed by atoms with Crippen molar-refractivity contribution < 1.29 is 0 Å². The average molecular weight is 267 g/mol. The molecule has 2 aromatic rings. The number of benzene rings is 1. The van der Waals surface area contributed by atoms with Crippen LogP contribution >= 0.6 is 0 Å². The summed E-state index contributed by atoms with van der Waals surface area (Å²) in [6, 6.07) is 8.02. The van der Waals surface area contributed by atoms with E-state index < -0.39 is 0 Å². The molecule has 0 amide bonds. The van der Waals surface area contributed by atoms with Gasteiger partial charge in [0, 0.05) is 5.69 Å². The van der Waals surface area contributed by atoms with E-state index in [0.29, 0.717) is 11.5 Å². The summed E-state index contributed by atoms with van der Waals surface area (Å²) in [6.07, 6.45) is 0.889. The molecule has 0 saturated heterocycles. The van der Waals surface area contributed by atoms with Crippen molar-refractivity contribution in [2.75, 3.05) is 0 Å². The topological polar surface area (TPSA) is 41.6 Å². The van der Waals surface area contributed by atoms with Gasteiger partial charge in [0.2, 0.25) is 0 Å². The normalized spacial score (nSPS) is 10.8. The van der Waals surface area contributed by atoms with Gasteiger partial charge in [-0.25, -0.2) is 4.68 Å². The number of hydrogen-bond acceptors (Lipinski definition) is 2. The molecule has 1 heterocycles. The van der Waals surface area contributed by atoms with Crippen molar-refractivity contribution >= 4 is 0 Å². The zero-order valence-corrected chi connectivity index (χ0v) is 12.9. The highest BCUT2D eigenvalue weighted by Gasteiger charge is 2.16. The third-order valence-electron chi connectivity index (χ3n) is 3.74. The molecule has 0 fully saturated rings. The summed E-state index contributed by atoms with van der Waals surface area (Å²) in [4.78, 5) is 0. The molecule has 0 spiro atoms. The van der Waals surface area contributed by atoms with Gasteiger partial charge in [-0.05, 0) is 55.5 Å². The minimum absolute atomic E-state index is 0.465. The molecule has 0 saturated carbocycles. The Morgan fingerprint density at radius 2 is 2.00 bits per heavy atom. The van der Waals surface area contributed by atoms with Crippen LogP contribution in [0.3, 0.4) is 0 Å². The van der Waals surface area contributed by atoms with Gasteiger partial charge in [0.15, 0.2) is 0 Å². The third-order valence-corrected chi connectivity index (χ3v) is 3.74. The Kier molecular flexibility index (Phi) is 3.94. The Bertz CT molecular complexity index is 672. The maximum Gasteiger partial charge on any atom is 0.0991 e. The quantitative estimate of drug-likeness (QED) is 0.842. The molecule has 0 aliphatic heterocycles. The Hall–Kier alpha value is -2.08.